The number of phenols is 1. The van der Waals surface area contributed by atoms with E-state index >= 15 is 0 Å². The molecule has 0 unspecified atom stereocenters. The Kier molecular flexibility index (Phi) is 4.63. The van der Waals surface area contributed by atoms with E-state index in [1.165, 1.54) is 0 Å². The molecular formula is C11H16N2O2. The molecule has 4 nitrogen and oxygen atoms in total. The van der Waals surface area contributed by atoms with Gasteiger partial charge in [-0.25, -0.2) is 0 Å². The van der Waals surface area contributed by atoms with E-state index in [9.17, 15) is 9.90 Å². The van der Waals surface area contributed by atoms with Crippen LogP contribution < -0.4 is 10.6 Å². The van der Waals surface area contributed by atoms with Crippen molar-refractivity contribution >= 4 is 5.91 Å². The van der Waals surface area contributed by atoms with Crippen LogP contribution >= 0.6 is 0 Å². The number of carbonyl (C=O) groups is 1. The quantitative estimate of drug-likeness (QED) is 0.664. The maximum absolute atomic E-state index is 11.2. The largest absolute Gasteiger partial charge is 0.508 e. The predicted molar refractivity (Wildman–Crippen MR) is 58.5 cm³/mol. The van der Waals surface area contributed by atoms with Gasteiger partial charge in [0.2, 0.25) is 5.91 Å². The van der Waals surface area contributed by atoms with Gasteiger partial charge in [0.05, 0.1) is 6.54 Å². The average molecular weight is 208 g/mol. The van der Waals surface area contributed by atoms with Crippen LogP contribution in [0.3, 0.4) is 0 Å². The molecule has 4 heteroatoms. The fraction of sp³-hybridized carbons (Fsp3) is 0.364. The highest BCUT2D eigenvalue weighted by molar-refractivity contribution is 5.78. The second-order valence-corrected chi connectivity index (χ2v) is 3.19. The summed E-state index contributed by atoms with van der Waals surface area (Å²) in [6, 6.07) is 6.96. The van der Waals surface area contributed by atoms with Gasteiger partial charge in [-0.05, 0) is 12.6 Å². The molecule has 0 radical (unpaired) electrons. The lowest BCUT2D eigenvalue weighted by atomic mass is 10.2. The van der Waals surface area contributed by atoms with Crippen LogP contribution in [0.4, 0.5) is 0 Å². The number of carbonyl (C=O) groups excluding carboxylic acids is 1. The smallest absolute Gasteiger partial charge is 0.234 e. The van der Waals surface area contributed by atoms with Crippen molar-refractivity contribution in [2.45, 2.75) is 13.5 Å². The van der Waals surface area contributed by atoms with Crippen LogP contribution in [-0.2, 0) is 11.3 Å². The number of hydrogen-bond acceptors (Lipinski definition) is 3. The van der Waals surface area contributed by atoms with Crippen molar-refractivity contribution < 1.29 is 9.90 Å². The third kappa shape index (κ3) is 3.99. The molecule has 0 aromatic heterocycles. The monoisotopic (exact) mass is 208 g/mol. The molecule has 0 fully saturated rings. The number of likely N-dealkylation sites (N-methyl/N-ethyl adjacent to an activating group) is 1. The van der Waals surface area contributed by atoms with Gasteiger partial charge in [-0.1, -0.05) is 25.1 Å². The highest BCUT2D eigenvalue weighted by atomic mass is 16.3. The Balaban J connectivity index is 2.37. The average Bonchev–Trinajstić information content (AvgIpc) is 2.25. The van der Waals surface area contributed by atoms with Gasteiger partial charge in [-0.2, -0.15) is 0 Å². The first-order chi connectivity index (χ1) is 7.24. The summed E-state index contributed by atoms with van der Waals surface area (Å²) in [6.07, 6.45) is 0. The Labute approximate surface area is 89.3 Å². The SMILES string of the molecule is CCNCC(=O)NCc1ccccc1O. The van der Waals surface area contributed by atoms with E-state index in [0.717, 1.165) is 12.1 Å². The lowest BCUT2D eigenvalue weighted by Crippen LogP contribution is -2.33. The number of nitrogens with one attached hydrogen (secondary N) is 2. The molecule has 0 spiro atoms. The van der Waals surface area contributed by atoms with E-state index in [-0.39, 0.29) is 11.7 Å². The van der Waals surface area contributed by atoms with E-state index in [1.807, 2.05) is 13.0 Å². The second-order valence-electron chi connectivity index (χ2n) is 3.19. The van der Waals surface area contributed by atoms with Crippen LogP contribution in [0.1, 0.15) is 12.5 Å². The molecule has 3 N–H and O–H groups in total. The standard InChI is InChI=1S/C11H16N2O2/c1-2-12-8-11(15)13-7-9-5-3-4-6-10(9)14/h3-6,12,14H,2,7-8H2,1H3,(H,13,15). The first-order valence-electron chi connectivity index (χ1n) is 4.98. The van der Waals surface area contributed by atoms with Crippen LogP contribution in [0.15, 0.2) is 24.3 Å². The Morgan fingerprint density at radius 3 is 2.80 bits per heavy atom. The first-order valence-corrected chi connectivity index (χ1v) is 4.98. The summed E-state index contributed by atoms with van der Waals surface area (Å²) in [5, 5.41) is 15.1. The van der Waals surface area contributed by atoms with E-state index in [2.05, 4.69) is 10.6 Å². The lowest BCUT2D eigenvalue weighted by Gasteiger charge is -2.06. The zero-order valence-electron chi connectivity index (χ0n) is 8.79. The Bertz CT molecular complexity index is 326. The highest BCUT2D eigenvalue weighted by Crippen LogP contribution is 2.14. The lowest BCUT2D eigenvalue weighted by molar-refractivity contribution is -0.120. The van der Waals surface area contributed by atoms with Crippen LogP contribution in [0.2, 0.25) is 0 Å². The predicted octanol–water partition coefficient (Wildman–Crippen LogP) is 0.618. The van der Waals surface area contributed by atoms with E-state index in [4.69, 9.17) is 0 Å². The summed E-state index contributed by atoms with van der Waals surface area (Å²) in [4.78, 5) is 11.2. The van der Waals surface area contributed by atoms with Crippen molar-refractivity contribution in [3.8, 4) is 5.75 Å². The minimum atomic E-state index is -0.0693. The van der Waals surface area contributed by atoms with E-state index < -0.39 is 0 Å². The topological polar surface area (TPSA) is 61.4 Å². The van der Waals surface area contributed by atoms with Crippen LogP contribution in [-0.4, -0.2) is 24.1 Å². The van der Waals surface area contributed by atoms with E-state index in [0.29, 0.717) is 13.1 Å². The summed E-state index contributed by atoms with van der Waals surface area (Å²) >= 11 is 0. The van der Waals surface area contributed by atoms with E-state index in [1.54, 1.807) is 18.2 Å². The normalized spacial score (nSPS) is 9.93. The molecule has 1 rings (SSSR count). The van der Waals surface area contributed by atoms with Crippen LogP contribution in [0.5, 0.6) is 5.75 Å². The number of rotatable bonds is 5. The van der Waals surface area contributed by atoms with Crippen molar-refractivity contribution in [2.24, 2.45) is 0 Å². The minimum Gasteiger partial charge on any atom is -0.508 e. The molecule has 0 bridgehead atoms. The molecule has 1 aromatic rings. The van der Waals surface area contributed by atoms with Gasteiger partial charge in [0.15, 0.2) is 0 Å². The van der Waals surface area contributed by atoms with Crippen LogP contribution in [0, 0.1) is 0 Å². The number of phenolic OH excluding ortho intramolecular Hbond substituents is 1. The molecule has 0 aliphatic carbocycles. The van der Waals surface area contributed by atoms with Crippen molar-refractivity contribution in [3.05, 3.63) is 29.8 Å². The number of hydrogen-bond donors (Lipinski definition) is 3. The summed E-state index contributed by atoms with van der Waals surface area (Å²) in [7, 11) is 0. The molecule has 15 heavy (non-hydrogen) atoms. The van der Waals surface area contributed by atoms with Gasteiger partial charge in [-0.15, -0.1) is 0 Å². The molecular weight excluding hydrogens is 192 g/mol. The number of benzene rings is 1. The molecule has 1 amide bonds. The fourth-order valence-corrected chi connectivity index (χ4v) is 1.16. The van der Waals surface area contributed by atoms with Gasteiger partial charge in [0.1, 0.15) is 5.75 Å². The zero-order chi connectivity index (χ0) is 11.1. The zero-order valence-corrected chi connectivity index (χ0v) is 8.79. The number of aromatic hydroxyl groups is 1. The number of para-hydroxylation sites is 1. The van der Waals surface area contributed by atoms with Gasteiger partial charge in [0.25, 0.3) is 0 Å². The van der Waals surface area contributed by atoms with Crippen molar-refractivity contribution in [1.82, 2.24) is 10.6 Å². The first kappa shape index (κ1) is 11.5. The molecule has 0 atom stereocenters. The van der Waals surface area contributed by atoms with Crippen LogP contribution in [0.25, 0.3) is 0 Å². The van der Waals surface area contributed by atoms with Crippen molar-refractivity contribution in [1.29, 1.82) is 0 Å². The Morgan fingerprint density at radius 1 is 1.40 bits per heavy atom. The maximum atomic E-state index is 11.2. The summed E-state index contributed by atoms with van der Waals surface area (Å²) < 4.78 is 0. The van der Waals surface area contributed by atoms with Crippen molar-refractivity contribution in [3.63, 3.8) is 0 Å². The van der Waals surface area contributed by atoms with Gasteiger partial charge < -0.3 is 15.7 Å². The molecule has 0 aliphatic heterocycles. The molecule has 0 saturated heterocycles. The Hall–Kier alpha value is -1.55. The summed E-state index contributed by atoms with van der Waals surface area (Å²) in [5.74, 6) is 0.140. The molecule has 1 aromatic carbocycles. The van der Waals surface area contributed by atoms with Gasteiger partial charge in [-0.3, -0.25) is 4.79 Å². The summed E-state index contributed by atoms with van der Waals surface area (Å²) in [5.41, 5.74) is 0.724. The Morgan fingerprint density at radius 2 is 2.13 bits per heavy atom. The highest BCUT2D eigenvalue weighted by Gasteiger charge is 2.02. The minimum absolute atomic E-state index is 0.0693. The third-order valence-electron chi connectivity index (χ3n) is 2.00. The molecule has 0 saturated carbocycles. The van der Waals surface area contributed by atoms with Gasteiger partial charge >= 0.3 is 0 Å². The number of amides is 1. The molecule has 82 valence electrons. The van der Waals surface area contributed by atoms with Crippen molar-refractivity contribution in [2.75, 3.05) is 13.1 Å². The van der Waals surface area contributed by atoms with Gasteiger partial charge in [0, 0.05) is 12.1 Å². The summed E-state index contributed by atoms with van der Waals surface area (Å²) in [6.45, 7) is 3.38. The third-order valence-corrected chi connectivity index (χ3v) is 2.00. The maximum Gasteiger partial charge on any atom is 0.234 e. The molecule has 0 heterocycles. The second kappa shape index (κ2) is 6.03. The fourth-order valence-electron chi connectivity index (χ4n) is 1.16. The molecule has 0 aliphatic rings.